The van der Waals surface area contributed by atoms with Crippen molar-refractivity contribution in [1.82, 2.24) is 10.2 Å². The first-order valence-electron chi connectivity index (χ1n) is 11.3. The first-order valence-corrected chi connectivity index (χ1v) is 11.3. The van der Waals surface area contributed by atoms with Gasteiger partial charge in [-0.3, -0.25) is 19.8 Å². The number of nitrogens with one attached hydrogen (secondary N) is 1. The maximum absolute atomic E-state index is 13.3. The van der Waals surface area contributed by atoms with E-state index in [1.807, 2.05) is 24.3 Å². The number of methoxy groups -OCH3 is 1. The van der Waals surface area contributed by atoms with Crippen LogP contribution in [0.1, 0.15) is 34.8 Å². The van der Waals surface area contributed by atoms with Gasteiger partial charge in [-0.15, -0.1) is 0 Å². The summed E-state index contributed by atoms with van der Waals surface area (Å²) in [6.07, 6.45) is 2.10. The molecule has 1 N–H and O–H groups in total. The lowest BCUT2D eigenvalue weighted by molar-refractivity contribution is -0.384. The molecule has 0 radical (unpaired) electrons. The van der Waals surface area contributed by atoms with Crippen molar-refractivity contribution in [3.05, 3.63) is 63.7 Å². The quantitative estimate of drug-likeness (QED) is 0.484. The normalized spacial score (nSPS) is 17.5. The highest BCUT2D eigenvalue weighted by Gasteiger charge is 2.26. The smallest absolute Gasteiger partial charge is 0.270 e. The van der Waals surface area contributed by atoms with Crippen LogP contribution in [-0.2, 0) is 4.74 Å². The monoisotopic (exact) mass is 454 g/mol. The molecular formula is C24H30N4O5. The summed E-state index contributed by atoms with van der Waals surface area (Å²) in [7, 11) is 1.63. The molecule has 1 unspecified atom stereocenters. The van der Waals surface area contributed by atoms with E-state index in [2.05, 4.69) is 15.1 Å². The second-order valence-corrected chi connectivity index (χ2v) is 8.30. The number of amides is 1. The van der Waals surface area contributed by atoms with Crippen molar-refractivity contribution in [2.24, 2.45) is 0 Å². The largest absolute Gasteiger partial charge is 0.497 e. The summed E-state index contributed by atoms with van der Waals surface area (Å²) in [5, 5.41) is 14.4. The molecule has 9 heteroatoms. The van der Waals surface area contributed by atoms with Crippen LogP contribution in [0.15, 0.2) is 42.5 Å². The number of anilines is 1. The maximum Gasteiger partial charge on any atom is 0.270 e. The molecule has 176 valence electrons. The Morgan fingerprint density at radius 3 is 2.45 bits per heavy atom. The second-order valence-electron chi connectivity index (χ2n) is 8.30. The molecule has 2 aliphatic heterocycles. The number of rotatable bonds is 8. The number of hydrogen-bond donors (Lipinski definition) is 1. The molecule has 2 aliphatic rings. The molecule has 2 fully saturated rings. The lowest BCUT2D eigenvalue weighted by Crippen LogP contribution is -2.44. The maximum atomic E-state index is 13.3. The second kappa shape index (κ2) is 10.6. The van der Waals surface area contributed by atoms with E-state index in [0.717, 1.165) is 56.0 Å². The fourth-order valence-corrected chi connectivity index (χ4v) is 4.51. The lowest BCUT2D eigenvalue weighted by Gasteiger charge is -2.35. The molecule has 1 atom stereocenters. The minimum Gasteiger partial charge on any atom is -0.497 e. The Bertz CT molecular complexity index is 969. The van der Waals surface area contributed by atoms with Crippen LogP contribution >= 0.6 is 0 Å². The number of benzene rings is 2. The Labute approximate surface area is 193 Å². The van der Waals surface area contributed by atoms with E-state index < -0.39 is 4.92 Å². The summed E-state index contributed by atoms with van der Waals surface area (Å²) >= 11 is 0. The van der Waals surface area contributed by atoms with Crippen LogP contribution in [0.25, 0.3) is 0 Å². The van der Waals surface area contributed by atoms with Gasteiger partial charge in [0.25, 0.3) is 11.6 Å². The van der Waals surface area contributed by atoms with Gasteiger partial charge in [-0.25, -0.2) is 0 Å². The molecule has 2 aromatic rings. The van der Waals surface area contributed by atoms with Gasteiger partial charge in [0.1, 0.15) is 5.75 Å². The van der Waals surface area contributed by atoms with E-state index >= 15 is 0 Å². The Balaban J connectivity index is 1.56. The molecule has 4 rings (SSSR count). The predicted octanol–water partition coefficient (Wildman–Crippen LogP) is 3.01. The van der Waals surface area contributed by atoms with Crippen molar-refractivity contribution < 1.29 is 19.2 Å². The molecule has 0 aromatic heterocycles. The van der Waals surface area contributed by atoms with Crippen molar-refractivity contribution >= 4 is 17.3 Å². The zero-order chi connectivity index (χ0) is 23.2. The minimum absolute atomic E-state index is 0.0438. The number of ether oxygens (including phenoxy) is 2. The van der Waals surface area contributed by atoms with Crippen molar-refractivity contribution in [1.29, 1.82) is 0 Å². The van der Waals surface area contributed by atoms with Crippen molar-refractivity contribution in [3.8, 4) is 5.75 Å². The van der Waals surface area contributed by atoms with Crippen LogP contribution in [-0.4, -0.2) is 68.8 Å². The van der Waals surface area contributed by atoms with Gasteiger partial charge in [-0.1, -0.05) is 12.1 Å². The SMILES string of the molecule is COc1ccc(C(CNC(=O)c2cc([N+](=O)[O-])ccc2N2CCCC2)N2CCOCC2)cc1. The minimum atomic E-state index is -0.460. The Morgan fingerprint density at radius 2 is 1.82 bits per heavy atom. The van der Waals surface area contributed by atoms with Gasteiger partial charge >= 0.3 is 0 Å². The van der Waals surface area contributed by atoms with Crippen molar-refractivity contribution in [2.45, 2.75) is 18.9 Å². The van der Waals surface area contributed by atoms with Gasteiger partial charge < -0.3 is 19.7 Å². The summed E-state index contributed by atoms with van der Waals surface area (Å²) in [6, 6.07) is 12.4. The van der Waals surface area contributed by atoms with Crippen LogP contribution < -0.4 is 15.0 Å². The molecule has 0 aliphatic carbocycles. The first-order chi connectivity index (χ1) is 16.1. The number of non-ortho nitro benzene ring substituents is 1. The summed E-state index contributed by atoms with van der Waals surface area (Å²) in [4.78, 5) is 28.6. The number of nitro benzene ring substituents is 1. The van der Waals surface area contributed by atoms with E-state index in [1.54, 1.807) is 13.2 Å². The molecule has 0 bridgehead atoms. The third kappa shape index (κ3) is 5.43. The van der Waals surface area contributed by atoms with Crippen LogP contribution in [0.4, 0.5) is 11.4 Å². The molecule has 0 saturated carbocycles. The number of nitro groups is 1. The first kappa shape index (κ1) is 23.0. The summed E-state index contributed by atoms with van der Waals surface area (Å²) in [5.41, 5.74) is 2.09. The number of carbonyl (C=O) groups excluding carboxylic acids is 1. The third-order valence-corrected chi connectivity index (χ3v) is 6.33. The van der Waals surface area contributed by atoms with Crippen LogP contribution in [0, 0.1) is 10.1 Å². The van der Waals surface area contributed by atoms with Gasteiger partial charge in [-0.05, 0) is 36.6 Å². The zero-order valence-electron chi connectivity index (χ0n) is 18.9. The molecule has 0 spiro atoms. The van der Waals surface area contributed by atoms with Gasteiger partial charge in [0, 0.05) is 44.9 Å². The average Bonchev–Trinajstić information content (AvgIpc) is 3.39. The third-order valence-electron chi connectivity index (χ3n) is 6.33. The van der Waals surface area contributed by atoms with Crippen LogP contribution in [0.2, 0.25) is 0 Å². The molecule has 9 nitrogen and oxygen atoms in total. The average molecular weight is 455 g/mol. The number of carbonyl (C=O) groups is 1. The van der Waals surface area contributed by atoms with Gasteiger partial charge in [0.2, 0.25) is 0 Å². The number of nitrogens with zero attached hydrogens (tertiary/aromatic N) is 3. The summed E-state index contributed by atoms with van der Waals surface area (Å²) < 4.78 is 10.8. The van der Waals surface area contributed by atoms with Crippen LogP contribution in [0.5, 0.6) is 5.75 Å². The van der Waals surface area contributed by atoms with E-state index in [0.29, 0.717) is 25.3 Å². The summed E-state index contributed by atoms with van der Waals surface area (Å²) in [6.45, 7) is 4.90. The zero-order valence-corrected chi connectivity index (χ0v) is 18.9. The van der Waals surface area contributed by atoms with Gasteiger partial charge in [0.05, 0.1) is 42.5 Å². The number of morpholine rings is 1. The summed E-state index contributed by atoms with van der Waals surface area (Å²) in [5.74, 6) is 0.475. The Morgan fingerprint density at radius 1 is 1.12 bits per heavy atom. The van der Waals surface area contributed by atoms with Gasteiger partial charge in [-0.2, -0.15) is 0 Å². The lowest BCUT2D eigenvalue weighted by atomic mass is 10.0. The highest BCUT2D eigenvalue weighted by molar-refractivity contribution is 6.00. The van der Waals surface area contributed by atoms with Gasteiger partial charge in [0.15, 0.2) is 0 Å². The fraction of sp³-hybridized carbons (Fsp3) is 0.458. The molecule has 1 amide bonds. The number of hydrogen-bond acceptors (Lipinski definition) is 7. The highest BCUT2D eigenvalue weighted by Crippen LogP contribution is 2.29. The van der Waals surface area contributed by atoms with E-state index in [4.69, 9.17) is 9.47 Å². The highest BCUT2D eigenvalue weighted by atomic mass is 16.6. The molecule has 2 heterocycles. The van der Waals surface area contributed by atoms with Crippen molar-refractivity contribution in [3.63, 3.8) is 0 Å². The van der Waals surface area contributed by atoms with E-state index in [-0.39, 0.29) is 17.6 Å². The molecule has 33 heavy (non-hydrogen) atoms. The van der Waals surface area contributed by atoms with Crippen LogP contribution in [0.3, 0.4) is 0 Å². The van der Waals surface area contributed by atoms with E-state index in [1.165, 1.54) is 12.1 Å². The van der Waals surface area contributed by atoms with Crippen molar-refractivity contribution in [2.75, 3.05) is 57.9 Å². The standard InChI is InChI=1S/C24H30N4O5/c1-32-20-7-4-18(5-8-20)23(27-12-14-33-15-13-27)17-25-24(29)21-16-19(28(30)31)6-9-22(21)26-10-2-3-11-26/h4-9,16,23H,2-3,10-15,17H2,1H3,(H,25,29). The van der Waals surface area contributed by atoms with E-state index in [9.17, 15) is 14.9 Å². The predicted molar refractivity (Wildman–Crippen MR) is 125 cm³/mol. The topological polar surface area (TPSA) is 97.2 Å². The molecule has 2 aromatic carbocycles. The Kier molecular flexibility index (Phi) is 7.41. The molecular weight excluding hydrogens is 424 g/mol. The Hall–Kier alpha value is -3.17. The molecule has 2 saturated heterocycles. The fourth-order valence-electron chi connectivity index (χ4n) is 4.51.